The van der Waals surface area contributed by atoms with Crippen molar-refractivity contribution in [3.63, 3.8) is 0 Å². The van der Waals surface area contributed by atoms with Gasteiger partial charge in [0.25, 0.3) is 0 Å². The number of ether oxygens (including phenoxy) is 1. The van der Waals surface area contributed by atoms with Gasteiger partial charge in [0.1, 0.15) is 11.9 Å². The summed E-state index contributed by atoms with van der Waals surface area (Å²) < 4.78 is 19.5. The Hall–Kier alpha value is -3.62. The van der Waals surface area contributed by atoms with Crippen LogP contribution in [0.2, 0.25) is 0 Å². The van der Waals surface area contributed by atoms with Crippen molar-refractivity contribution >= 4 is 29.5 Å². The van der Waals surface area contributed by atoms with E-state index in [1.54, 1.807) is 23.1 Å². The van der Waals surface area contributed by atoms with Crippen molar-refractivity contribution in [3.05, 3.63) is 59.4 Å². The van der Waals surface area contributed by atoms with Gasteiger partial charge in [-0.2, -0.15) is 0 Å². The van der Waals surface area contributed by atoms with E-state index in [0.29, 0.717) is 37.5 Å². The zero-order valence-electron chi connectivity index (χ0n) is 19.5. The van der Waals surface area contributed by atoms with Crippen molar-refractivity contribution in [1.82, 2.24) is 4.90 Å². The fraction of sp³-hybridized carbons (Fsp3) is 0.423. The van der Waals surface area contributed by atoms with Gasteiger partial charge in [0, 0.05) is 25.2 Å². The lowest BCUT2D eigenvalue weighted by atomic mass is 9.84. The van der Waals surface area contributed by atoms with E-state index < -0.39 is 17.8 Å². The summed E-state index contributed by atoms with van der Waals surface area (Å²) in [6.45, 7) is 0.953. The first-order valence-electron chi connectivity index (χ1n) is 12.0. The highest BCUT2D eigenvalue weighted by atomic mass is 19.1. The molecule has 1 saturated carbocycles. The lowest BCUT2D eigenvalue weighted by Gasteiger charge is -2.32. The van der Waals surface area contributed by atoms with Crippen LogP contribution in [0.4, 0.5) is 25.4 Å². The van der Waals surface area contributed by atoms with Crippen LogP contribution in [0, 0.1) is 11.7 Å². The number of halogens is 1. The first kappa shape index (κ1) is 24.5. The van der Waals surface area contributed by atoms with Crippen LogP contribution in [-0.4, -0.2) is 40.7 Å². The monoisotopic (exact) mass is 483 g/mol. The van der Waals surface area contributed by atoms with Gasteiger partial charge in [0.05, 0.1) is 5.69 Å². The summed E-state index contributed by atoms with van der Waals surface area (Å²) in [4.78, 5) is 37.4. The van der Waals surface area contributed by atoms with Crippen LogP contribution in [0.15, 0.2) is 42.5 Å². The number of anilines is 2. The maximum atomic E-state index is 13.7. The molecule has 8 nitrogen and oxygen atoms in total. The van der Waals surface area contributed by atoms with E-state index in [-0.39, 0.29) is 24.3 Å². The van der Waals surface area contributed by atoms with Crippen molar-refractivity contribution in [1.29, 1.82) is 0 Å². The van der Waals surface area contributed by atoms with E-state index in [4.69, 9.17) is 9.84 Å². The molecule has 0 atom stereocenters. The Morgan fingerprint density at radius 1 is 1.03 bits per heavy atom. The SMILES string of the molecule is O=C(O)CCC1CCC(OC(=O)N2CCc3cc(NC(=O)Nc4ccccc4F)ccc3C2)CC1. The Kier molecular flexibility index (Phi) is 7.84. The minimum atomic E-state index is -0.766. The van der Waals surface area contributed by atoms with Crippen LogP contribution in [0.5, 0.6) is 0 Å². The molecule has 0 spiro atoms. The molecule has 1 aliphatic heterocycles. The van der Waals surface area contributed by atoms with Crippen LogP contribution < -0.4 is 10.6 Å². The minimum Gasteiger partial charge on any atom is -0.481 e. The summed E-state index contributed by atoms with van der Waals surface area (Å²) in [5.41, 5.74) is 2.72. The van der Waals surface area contributed by atoms with E-state index in [0.717, 1.165) is 36.8 Å². The first-order valence-corrected chi connectivity index (χ1v) is 12.0. The largest absolute Gasteiger partial charge is 0.481 e. The summed E-state index contributed by atoms with van der Waals surface area (Å²) in [6, 6.07) is 10.9. The third kappa shape index (κ3) is 6.71. The van der Waals surface area contributed by atoms with Crippen LogP contribution in [-0.2, 0) is 22.5 Å². The van der Waals surface area contributed by atoms with Crippen LogP contribution in [0.3, 0.4) is 0 Å². The standard InChI is InChI=1S/C26H30FN3O5/c27-22-3-1-2-4-23(22)29-25(33)28-20-9-8-19-16-30(14-13-18(19)15-20)26(34)35-21-10-5-17(6-11-21)7-12-24(31)32/h1-4,8-9,15,17,21H,5-7,10-14,16H2,(H,31,32)(H2,28,29,33). The first-order chi connectivity index (χ1) is 16.9. The Labute approximate surface area is 203 Å². The third-order valence-electron chi connectivity index (χ3n) is 6.68. The summed E-state index contributed by atoms with van der Waals surface area (Å²) in [5.74, 6) is -0.886. The number of carboxylic acid groups (broad SMARTS) is 1. The zero-order chi connectivity index (χ0) is 24.8. The Bertz CT molecular complexity index is 1080. The zero-order valence-corrected chi connectivity index (χ0v) is 19.5. The van der Waals surface area contributed by atoms with Crippen molar-refractivity contribution in [2.24, 2.45) is 5.92 Å². The molecule has 2 aromatic carbocycles. The molecule has 3 amide bonds. The van der Waals surface area contributed by atoms with E-state index in [9.17, 15) is 18.8 Å². The lowest BCUT2D eigenvalue weighted by Crippen LogP contribution is -2.39. The van der Waals surface area contributed by atoms with Gasteiger partial charge in [-0.3, -0.25) is 4.79 Å². The third-order valence-corrected chi connectivity index (χ3v) is 6.68. The van der Waals surface area contributed by atoms with Gasteiger partial charge in [0.2, 0.25) is 0 Å². The number of para-hydroxylation sites is 1. The number of hydrogen-bond donors (Lipinski definition) is 3. The normalized spacial score (nSPS) is 19.4. The van der Waals surface area contributed by atoms with Gasteiger partial charge >= 0.3 is 18.1 Å². The number of carbonyl (C=O) groups excluding carboxylic acids is 2. The van der Waals surface area contributed by atoms with Crippen LogP contribution in [0.1, 0.15) is 49.7 Å². The molecule has 9 heteroatoms. The molecule has 0 radical (unpaired) electrons. The maximum absolute atomic E-state index is 13.7. The highest BCUT2D eigenvalue weighted by Gasteiger charge is 2.28. The Morgan fingerprint density at radius 2 is 1.80 bits per heavy atom. The number of rotatable bonds is 6. The van der Waals surface area contributed by atoms with Crippen LogP contribution in [0.25, 0.3) is 0 Å². The van der Waals surface area contributed by atoms with Crippen molar-refractivity contribution in [2.75, 3.05) is 17.2 Å². The van der Waals surface area contributed by atoms with E-state index in [2.05, 4.69) is 10.6 Å². The van der Waals surface area contributed by atoms with Crippen molar-refractivity contribution < 1.29 is 28.6 Å². The minimum absolute atomic E-state index is 0.103. The van der Waals surface area contributed by atoms with E-state index >= 15 is 0 Å². The Balaban J connectivity index is 1.25. The predicted octanol–water partition coefficient (Wildman–Crippen LogP) is 5.39. The molecule has 2 aromatic rings. The number of benzene rings is 2. The Morgan fingerprint density at radius 3 is 2.54 bits per heavy atom. The lowest BCUT2D eigenvalue weighted by molar-refractivity contribution is -0.137. The molecule has 0 bridgehead atoms. The highest BCUT2D eigenvalue weighted by molar-refractivity contribution is 5.99. The maximum Gasteiger partial charge on any atom is 0.410 e. The van der Waals surface area contributed by atoms with Crippen molar-refractivity contribution in [3.8, 4) is 0 Å². The van der Waals surface area contributed by atoms with Gasteiger partial charge < -0.3 is 25.4 Å². The molecule has 186 valence electrons. The number of aliphatic carboxylic acids is 1. The van der Waals surface area contributed by atoms with Gasteiger partial charge in [-0.05, 0) is 79.8 Å². The van der Waals surface area contributed by atoms with Crippen LogP contribution >= 0.6 is 0 Å². The van der Waals surface area contributed by atoms with Gasteiger partial charge in [-0.1, -0.05) is 18.2 Å². The molecular weight excluding hydrogens is 453 g/mol. The van der Waals surface area contributed by atoms with Crippen molar-refractivity contribution in [2.45, 2.75) is 57.6 Å². The fourth-order valence-electron chi connectivity index (χ4n) is 4.72. The molecule has 0 aromatic heterocycles. The van der Waals surface area contributed by atoms with E-state index in [1.807, 2.05) is 12.1 Å². The highest BCUT2D eigenvalue weighted by Crippen LogP contribution is 2.30. The summed E-state index contributed by atoms with van der Waals surface area (Å²) >= 11 is 0. The molecule has 4 rings (SSSR count). The van der Waals surface area contributed by atoms with Gasteiger partial charge in [-0.25, -0.2) is 14.0 Å². The summed E-state index contributed by atoms with van der Waals surface area (Å²) in [7, 11) is 0. The topological polar surface area (TPSA) is 108 Å². The molecule has 1 aliphatic carbocycles. The molecule has 3 N–H and O–H groups in total. The number of nitrogens with zero attached hydrogens (tertiary/aromatic N) is 1. The second-order valence-electron chi connectivity index (χ2n) is 9.17. The average molecular weight is 484 g/mol. The summed E-state index contributed by atoms with van der Waals surface area (Å²) in [6.07, 6.45) is 4.37. The number of fused-ring (bicyclic) bond motifs is 1. The summed E-state index contributed by atoms with van der Waals surface area (Å²) in [5, 5.41) is 14.1. The predicted molar refractivity (Wildman–Crippen MR) is 129 cm³/mol. The number of carbonyl (C=O) groups is 3. The fourth-order valence-corrected chi connectivity index (χ4v) is 4.72. The number of hydrogen-bond acceptors (Lipinski definition) is 4. The number of amides is 3. The second-order valence-corrected chi connectivity index (χ2v) is 9.17. The van der Waals surface area contributed by atoms with Gasteiger partial charge in [0.15, 0.2) is 0 Å². The molecule has 0 saturated heterocycles. The molecule has 1 heterocycles. The quantitative estimate of drug-likeness (QED) is 0.511. The molecule has 0 unspecified atom stereocenters. The number of carboxylic acids is 1. The molecule has 1 fully saturated rings. The van der Waals surface area contributed by atoms with Gasteiger partial charge in [-0.15, -0.1) is 0 Å². The second kappa shape index (κ2) is 11.2. The molecule has 2 aliphatic rings. The smallest absolute Gasteiger partial charge is 0.410 e. The number of urea groups is 1. The number of nitrogens with one attached hydrogen (secondary N) is 2. The average Bonchev–Trinajstić information content (AvgIpc) is 2.84. The molecular formula is C26H30FN3O5. The molecule has 35 heavy (non-hydrogen) atoms. The van der Waals surface area contributed by atoms with E-state index in [1.165, 1.54) is 12.1 Å².